The summed E-state index contributed by atoms with van der Waals surface area (Å²) in [6.45, 7) is 5.18. The van der Waals surface area contributed by atoms with Crippen molar-refractivity contribution in [2.45, 2.75) is 33.4 Å². The molecule has 0 unspecified atom stereocenters. The summed E-state index contributed by atoms with van der Waals surface area (Å²) in [5.41, 5.74) is 0. The Balaban J connectivity index is 1.80. The Hall–Kier alpha value is -1.89. The predicted octanol–water partition coefficient (Wildman–Crippen LogP) is 1.87. The number of aliphatic imine (C=N–C) groups is 1. The predicted molar refractivity (Wildman–Crippen MR) is 79.8 cm³/mol. The molecule has 7 heteroatoms. The lowest BCUT2D eigenvalue weighted by Crippen LogP contribution is -2.36. The van der Waals surface area contributed by atoms with E-state index >= 15 is 0 Å². The molecule has 2 N–H and O–H groups in total. The first-order valence-electron chi connectivity index (χ1n) is 6.52. The summed E-state index contributed by atoms with van der Waals surface area (Å²) in [5.74, 6) is 1.90. The molecule has 0 amide bonds. The summed E-state index contributed by atoms with van der Waals surface area (Å²) < 4.78 is 5.04. The Morgan fingerprint density at radius 3 is 2.65 bits per heavy atom. The molecule has 20 heavy (non-hydrogen) atoms. The van der Waals surface area contributed by atoms with Crippen LogP contribution in [0.1, 0.15) is 28.4 Å². The van der Waals surface area contributed by atoms with E-state index in [-0.39, 0.29) is 0 Å². The standard InChI is InChI=1S/C13H19N5OS/c1-4-10-5-6-11(20-10)7-15-13(14-3)16-8-12-17-9(2)18-19-12/h5-6H,4,7-8H2,1-3H3,(H2,14,15,16). The van der Waals surface area contributed by atoms with Gasteiger partial charge >= 0.3 is 0 Å². The van der Waals surface area contributed by atoms with Crippen LogP contribution in [0.3, 0.4) is 0 Å². The number of guanidine groups is 1. The van der Waals surface area contributed by atoms with Crippen LogP contribution in [0.2, 0.25) is 0 Å². The van der Waals surface area contributed by atoms with E-state index in [0.717, 1.165) is 13.0 Å². The maximum absolute atomic E-state index is 5.04. The molecule has 0 saturated heterocycles. The summed E-state index contributed by atoms with van der Waals surface area (Å²) in [6, 6.07) is 4.31. The Labute approximate surface area is 122 Å². The molecule has 6 nitrogen and oxygen atoms in total. The fourth-order valence-electron chi connectivity index (χ4n) is 1.67. The Morgan fingerprint density at radius 2 is 2.05 bits per heavy atom. The van der Waals surface area contributed by atoms with Gasteiger partial charge in [0.15, 0.2) is 11.8 Å². The second kappa shape index (κ2) is 7.04. The van der Waals surface area contributed by atoms with Crippen molar-refractivity contribution in [3.05, 3.63) is 33.6 Å². The van der Waals surface area contributed by atoms with Crippen LogP contribution in [-0.2, 0) is 19.5 Å². The number of hydrogen-bond acceptors (Lipinski definition) is 5. The van der Waals surface area contributed by atoms with Crippen LogP contribution in [0.15, 0.2) is 21.6 Å². The number of aromatic nitrogens is 2. The lowest BCUT2D eigenvalue weighted by Gasteiger charge is -2.09. The van der Waals surface area contributed by atoms with E-state index in [2.05, 4.69) is 44.8 Å². The summed E-state index contributed by atoms with van der Waals surface area (Å²) in [7, 11) is 1.74. The highest BCUT2D eigenvalue weighted by Crippen LogP contribution is 2.16. The molecule has 2 heterocycles. The molecule has 2 aromatic heterocycles. The van der Waals surface area contributed by atoms with Crippen molar-refractivity contribution in [3.8, 4) is 0 Å². The van der Waals surface area contributed by atoms with Gasteiger partial charge in [0.2, 0.25) is 5.89 Å². The van der Waals surface area contributed by atoms with Crippen LogP contribution in [0.4, 0.5) is 0 Å². The zero-order valence-corrected chi connectivity index (χ0v) is 12.8. The zero-order chi connectivity index (χ0) is 14.4. The van der Waals surface area contributed by atoms with Crippen LogP contribution in [0.25, 0.3) is 0 Å². The fraction of sp³-hybridized carbons (Fsp3) is 0.462. The Bertz CT molecular complexity index is 575. The monoisotopic (exact) mass is 293 g/mol. The van der Waals surface area contributed by atoms with Gasteiger partial charge in [0.05, 0.1) is 13.1 Å². The fourth-order valence-corrected chi connectivity index (χ4v) is 2.57. The summed E-state index contributed by atoms with van der Waals surface area (Å²) >= 11 is 1.82. The first-order chi connectivity index (χ1) is 9.71. The quantitative estimate of drug-likeness (QED) is 0.650. The number of thiophene rings is 1. The first kappa shape index (κ1) is 14.5. The molecule has 0 aromatic carbocycles. The molecule has 108 valence electrons. The maximum Gasteiger partial charge on any atom is 0.246 e. The minimum absolute atomic E-state index is 0.463. The number of aryl methyl sites for hydroxylation is 2. The first-order valence-corrected chi connectivity index (χ1v) is 7.34. The molecular formula is C13H19N5OS. The molecule has 0 aliphatic rings. The Morgan fingerprint density at radius 1 is 1.30 bits per heavy atom. The smallest absolute Gasteiger partial charge is 0.246 e. The van der Waals surface area contributed by atoms with E-state index in [0.29, 0.717) is 24.2 Å². The van der Waals surface area contributed by atoms with Gasteiger partial charge in [-0.05, 0) is 25.5 Å². The van der Waals surface area contributed by atoms with Crippen molar-refractivity contribution in [1.29, 1.82) is 0 Å². The molecule has 0 aliphatic heterocycles. The highest BCUT2D eigenvalue weighted by molar-refractivity contribution is 7.11. The van der Waals surface area contributed by atoms with Gasteiger partial charge in [-0.1, -0.05) is 12.1 Å². The lowest BCUT2D eigenvalue weighted by atomic mass is 10.4. The number of rotatable bonds is 5. The molecule has 0 radical (unpaired) electrons. The van der Waals surface area contributed by atoms with Crippen LogP contribution >= 0.6 is 11.3 Å². The zero-order valence-electron chi connectivity index (χ0n) is 11.9. The molecule has 0 bridgehead atoms. The molecule has 2 aromatic rings. The molecule has 0 spiro atoms. The van der Waals surface area contributed by atoms with Gasteiger partial charge in [0, 0.05) is 16.8 Å². The van der Waals surface area contributed by atoms with Gasteiger partial charge in [-0.3, -0.25) is 4.99 Å². The van der Waals surface area contributed by atoms with Crippen molar-refractivity contribution < 1.29 is 4.52 Å². The third-order valence-electron chi connectivity index (χ3n) is 2.70. The third kappa shape index (κ3) is 4.06. The second-order valence-electron chi connectivity index (χ2n) is 4.24. The van der Waals surface area contributed by atoms with Crippen molar-refractivity contribution in [2.24, 2.45) is 4.99 Å². The molecule has 0 atom stereocenters. The summed E-state index contributed by atoms with van der Waals surface area (Å²) in [5, 5.41) is 10.1. The number of nitrogens with zero attached hydrogens (tertiary/aromatic N) is 3. The highest BCUT2D eigenvalue weighted by Gasteiger charge is 2.05. The van der Waals surface area contributed by atoms with E-state index < -0.39 is 0 Å². The van der Waals surface area contributed by atoms with E-state index in [1.165, 1.54) is 9.75 Å². The van der Waals surface area contributed by atoms with Crippen molar-refractivity contribution in [3.63, 3.8) is 0 Å². The topological polar surface area (TPSA) is 75.3 Å². The van der Waals surface area contributed by atoms with Crippen LogP contribution in [0.5, 0.6) is 0 Å². The third-order valence-corrected chi connectivity index (χ3v) is 3.93. The largest absolute Gasteiger partial charge is 0.352 e. The Kier molecular flexibility index (Phi) is 5.11. The lowest BCUT2D eigenvalue weighted by molar-refractivity contribution is 0.371. The van der Waals surface area contributed by atoms with Gasteiger partial charge in [-0.15, -0.1) is 11.3 Å². The van der Waals surface area contributed by atoms with E-state index in [1.807, 2.05) is 11.3 Å². The molecular weight excluding hydrogens is 274 g/mol. The molecule has 0 fully saturated rings. The SMILES string of the molecule is CCc1ccc(CNC(=NC)NCc2nc(C)no2)s1. The van der Waals surface area contributed by atoms with Crippen LogP contribution < -0.4 is 10.6 Å². The van der Waals surface area contributed by atoms with Gasteiger partial charge in [0.25, 0.3) is 0 Å². The van der Waals surface area contributed by atoms with E-state index in [1.54, 1.807) is 14.0 Å². The minimum atomic E-state index is 0.463. The van der Waals surface area contributed by atoms with Gasteiger partial charge in [-0.25, -0.2) is 0 Å². The summed E-state index contributed by atoms with van der Waals surface area (Å²) in [4.78, 5) is 11.0. The minimum Gasteiger partial charge on any atom is -0.352 e. The molecule has 2 rings (SSSR count). The van der Waals surface area contributed by atoms with Crippen molar-refractivity contribution >= 4 is 17.3 Å². The number of hydrogen-bond donors (Lipinski definition) is 2. The average molecular weight is 293 g/mol. The van der Waals surface area contributed by atoms with Crippen LogP contribution in [-0.4, -0.2) is 23.1 Å². The maximum atomic E-state index is 5.04. The normalized spacial score (nSPS) is 11.7. The van der Waals surface area contributed by atoms with Gasteiger partial charge in [0.1, 0.15) is 0 Å². The van der Waals surface area contributed by atoms with E-state index in [9.17, 15) is 0 Å². The number of nitrogens with one attached hydrogen (secondary N) is 2. The van der Waals surface area contributed by atoms with Crippen LogP contribution in [0, 0.1) is 6.92 Å². The van der Waals surface area contributed by atoms with Gasteiger partial charge < -0.3 is 15.2 Å². The average Bonchev–Trinajstić information content (AvgIpc) is 3.08. The van der Waals surface area contributed by atoms with Crippen molar-refractivity contribution in [1.82, 2.24) is 20.8 Å². The summed E-state index contributed by atoms with van der Waals surface area (Å²) in [6.07, 6.45) is 1.08. The second-order valence-corrected chi connectivity index (χ2v) is 5.49. The van der Waals surface area contributed by atoms with E-state index in [4.69, 9.17) is 4.52 Å². The molecule has 0 aliphatic carbocycles. The van der Waals surface area contributed by atoms with Gasteiger partial charge in [-0.2, -0.15) is 4.98 Å². The highest BCUT2D eigenvalue weighted by atomic mass is 32.1. The molecule has 0 saturated carbocycles. The van der Waals surface area contributed by atoms with Crippen molar-refractivity contribution in [2.75, 3.05) is 7.05 Å².